The Kier molecular flexibility index (Phi) is 5.65. The fraction of sp³-hybridized carbons (Fsp3) is 0.500. The Balaban J connectivity index is 2.50. The predicted molar refractivity (Wildman–Crippen MR) is 73.4 cm³/mol. The molecule has 1 rings (SSSR count). The van der Waals surface area contributed by atoms with E-state index in [4.69, 9.17) is 5.73 Å². The van der Waals surface area contributed by atoms with Crippen molar-refractivity contribution in [3.05, 3.63) is 24.3 Å². The SMILES string of the molecule is CC(C)C[C@H](CN)CC(=O)Nc1cccc(O)c1. The van der Waals surface area contributed by atoms with Crippen molar-refractivity contribution >= 4 is 11.6 Å². The number of hydrogen-bond acceptors (Lipinski definition) is 3. The van der Waals surface area contributed by atoms with Crippen LogP contribution in [-0.2, 0) is 4.79 Å². The number of carbonyl (C=O) groups is 1. The minimum Gasteiger partial charge on any atom is -0.508 e. The zero-order valence-corrected chi connectivity index (χ0v) is 11.0. The first-order valence-electron chi connectivity index (χ1n) is 6.30. The van der Waals surface area contributed by atoms with Crippen LogP contribution in [0.2, 0.25) is 0 Å². The number of nitrogens with two attached hydrogens (primary N) is 1. The van der Waals surface area contributed by atoms with Gasteiger partial charge in [-0.2, -0.15) is 0 Å². The highest BCUT2D eigenvalue weighted by molar-refractivity contribution is 5.91. The third-order valence-corrected chi connectivity index (χ3v) is 2.74. The summed E-state index contributed by atoms with van der Waals surface area (Å²) in [6.45, 7) is 4.76. The van der Waals surface area contributed by atoms with Crippen molar-refractivity contribution in [3.8, 4) is 5.75 Å². The van der Waals surface area contributed by atoms with Crippen LogP contribution < -0.4 is 11.1 Å². The molecule has 0 bridgehead atoms. The first-order valence-corrected chi connectivity index (χ1v) is 6.30. The Bertz CT molecular complexity index is 391. The number of carbonyl (C=O) groups excluding carboxylic acids is 1. The molecule has 4 N–H and O–H groups in total. The fourth-order valence-electron chi connectivity index (χ4n) is 1.99. The van der Waals surface area contributed by atoms with Crippen molar-refractivity contribution in [3.63, 3.8) is 0 Å². The highest BCUT2D eigenvalue weighted by Crippen LogP contribution is 2.18. The van der Waals surface area contributed by atoms with Gasteiger partial charge in [-0.25, -0.2) is 0 Å². The van der Waals surface area contributed by atoms with Gasteiger partial charge in [-0.1, -0.05) is 19.9 Å². The highest BCUT2D eigenvalue weighted by Gasteiger charge is 2.14. The van der Waals surface area contributed by atoms with Crippen LogP contribution in [0.1, 0.15) is 26.7 Å². The molecular weight excluding hydrogens is 228 g/mol. The molecule has 0 heterocycles. The van der Waals surface area contributed by atoms with E-state index in [1.54, 1.807) is 18.2 Å². The van der Waals surface area contributed by atoms with Gasteiger partial charge in [0.15, 0.2) is 0 Å². The quantitative estimate of drug-likeness (QED) is 0.725. The second-order valence-corrected chi connectivity index (χ2v) is 5.03. The zero-order valence-electron chi connectivity index (χ0n) is 11.0. The maximum absolute atomic E-state index is 11.8. The summed E-state index contributed by atoms with van der Waals surface area (Å²) >= 11 is 0. The highest BCUT2D eigenvalue weighted by atomic mass is 16.3. The summed E-state index contributed by atoms with van der Waals surface area (Å²) in [7, 11) is 0. The topological polar surface area (TPSA) is 75.4 Å². The molecule has 4 heteroatoms. The number of amides is 1. The van der Waals surface area contributed by atoms with E-state index in [2.05, 4.69) is 19.2 Å². The smallest absolute Gasteiger partial charge is 0.224 e. The number of benzene rings is 1. The Morgan fingerprint density at radius 2 is 2.17 bits per heavy atom. The lowest BCUT2D eigenvalue weighted by Gasteiger charge is -2.16. The van der Waals surface area contributed by atoms with Gasteiger partial charge in [0.2, 0.25) is 5.91 Å². The molecule has 0 unspecified atom stereocenters. The Hall–Kier alpha value is -1.55. The van der Waals surface area contributed by atoms with Gasteiger partial charge in [-0.05, 0) is 36.9 Å². The van der Waals surface area contributed by atoms with Crippen LogP contribution in [0.15, 0.2) is 24.3 Å². The molecule has 0 aromatic heterocycles. The maximum Gasteiger partial charge on any atom is 0.224 e. The molecule has 1 aromatic carbocycles. The molecule has 1 aromatic rings. The Morgan fingerprint density at radius 3 is 2.72 bits per heavy atom. The molecule has 4 nitrogen and oxygen atoms in total. The van der Waals surface area contributed by atoms with E-state index < -0.39 is 0 Å². The minimum atomic E-state index is -0.0586. The lowest BCUT2D eigenvalue weighted by Crippen LogP contribution is -2.23. The van der Waals surface area contributed by atoms with E-state index >= 15 is 0 Å². The zero-order chi connectivity index (χ0) is 13.5. The molecule has 0 aliphatic rings. The van der Waals surface area contributed by atoms with Gasteiger partial charge in [-0.3, -0.25) is 4.79 Å². The van der Waals surface area contributed by atoms with E-state index in [1.807, 2.05) is 0 Å². The van der Waals surface area contributed by atoms with Crippen molar-refractivity contribution in [1.82, 2.24) is 0 Å². The molecule has 18 heavy (non-hydrogen) atoms. The second-order valence-electron chi connectivity index (χ2n) is 5.03. The van der Waals surface area contributed by atoms with Gasteiger partial charge in [-0.15, -0.1) is 0 Å². The molecule has 0 radical (unpaired) electrons. The predicted octanol–water partition coefficient (Wildman–Crippen LogP) is 2.34. The van der Waals surface area contributed by atoms with Gasteiger partial charge in [0.1, 0.15) is 5.75 Å². The van der Waals surface area contributed by atoms with Crippen molar-refractivity contribution in [2.24, 2.45) is 17.6 Å². The van der Waals surface area contributed by atoms with E-state index in [9.17, 15) is 9.90 Å². The van der Waals surface area contributed by atoms with Crippen molar-refractivity contribution < 1.29 is 9.90 Å². The van der Waals surface area contributed by atoms with Crippen LogP contribution in [0, 0.1) is 11.8 Å². The number of phenolic OH excluding ortho intramolecular Hbond substituents is 1. The number of hydrogen-bond donors (Lipinski definition) is 3. The standard InChI is InChI=1S/C14H22N2O2/c1-10(2)6-11(9-15)7-14(18)16-12-4-3-5-13(17)8-12/h3-5,8,10-11,17H,6-7,9,15H2,1-2H3,(H,16,18)/t11-/m0/s1. The summed E-state index contributed by atoms with van der Waals surface area (Å²) in [5.74, 6) is 0.830. The molecule has 0 saturated heterocycles. The third kappa shape index (κ3) is 5.19. The third-order valence-electron chi connectivity index (χ3n) is 2.74. The van der Waals surface area contributed by atoms with Gasteiger partial charge in [0.05, 0.1) is 0 Å². The van der Waals surface area contributed by atoms with Crippen LogP contribution in [0.25, 0.3) is 0 Å². The summed E-state index contributed by atoms with van der Waals surface area (Å²) < 4.78 is 0. The molecule has 1 amide bonds. The summed E-state index contributed by atoms with van der Waals surface area (Å²) in [5, 5.41) is 12.1. The number of anilines is 1. The number of phenols is 1. The van der Waals surface area contributed by atoms with E-state index in [1.165, 1.54) is 6.07 Å². The fourth-order valence-corrected chi connectivity index (χ4v) is 1.99. The van der Waals surface area contributed by atoms with Crippen LogP contribution >= 0.6 is 0 Å². The average molecular weight is 250 g/mol. The van der Waals surface area contributed by atoms with Gasteiger partial charge < -0.3 is 16.2 Å². The van der Waals surface area contributed by atoms with E-state index in [-0.39, 0.29) is 17.6 Å². The normalized spacial score (nSPS) is 12.4. The minimum absolute atomic E-state index is 0.0586. The van der Waals surface area contributed by atoms with Crippen molar-refractivity contribution in [1.29, 1.82) is 0 Å². The summed E-state index contributed by atoms with van der Waals surface area (Å²) in [6.07, 6.45) is 1.37. The van der Waals surface area contributed by atoms with Crippen LogP contribution in [0.5, 0.6) is 5.75 Å². The largest absolute Gasteiger partial charge is 0.508 e. The number of aromatic hydroxyl groups is 1. The maximum atomic E-state index is 11.8. The Morgan fingerprint density at radius 1 is 1.44 bits per heavy atom. The summed E-state index contributed by atoms with van der Waals surface area (Å²) in [5.41, 5.74) is 6.28. The van der Waals surface area contributed by atoms with Crippen LogP contribution in [0.4, 0.5) is 5.69 Å². The lowest BCUT2D eigenvalue weighted by atomic mass is 9.94. The molecule has 0 saturated carbocycles. The molecule has 0 fully saturated rings. The van der Waals surface area contributed by atoms with Gasteiger partial charge in [0, 0.05) is 18.2 Å². The molecule has 0 aliphatic carbocycles. The summed E-state index contributed by atoms with van der Waals surface area (Å²) in [4.78, 5) is 11.8. The van der Waals surface area contributed by atoms with Crippen LogP contribution in [0.3, 0.4) is 0 Å². The van der Waals surface area contributed by atoms with Gasteiger partial charge in [0.25, 0.3) is 0 Å². The van der Waals surface area contributed by atoms with Gasteiger partial charge >= 0.3 is 0 Å². The molecule has 1 atom stereocenters. The molecule has 100 valence electrons. The number of rotatable bonds is 6. The van der Waals surface area contributed by atoms with Crippen molar-refractivity contribution in [2.45, 2.75) is 26.7 Å². The molecule has 0 spiro atoms. The van der Waals surface area contributed by atoms with E-state index in [0.29, 0.717) is 24.6 Å². The van der Waals surface area contributed by atoms with Crippen molar-refractivity contribution in [2.75, 3.05) is 11.9 Å². The lowest BCUT2D eigenvalue weighted by molar-refractivity contribution is -0.117. The summed E-state index contributed by atoms with van der Waals surface area (Å²) in [6, 6.07) is 6.53. The molecule has 0 aliphatic heterocycles. The number of nitrogens with one attached hydrogen (secondary N) is 1. The first kappa shape index (κ1) is 14.5. The molecular formula is C14H22N2O2. The first-order chi connectivity index (χ1) is 8.51. The average Bonchev–Trinajstić information content (AvgIpc) is 2.27. The monoisotopic (exact) mass is 250 g/mol. The second kappa shape index (κ2) is 7.01. The van der Waals surface area contributed by atoms with E-state index in [0.717, 1.165) is 6.42 Å². The Labute approximate surface area is 108 Å². The van der Waals surface area contributed by atoms with Crippen LogP contribution in [-0.4, -0.2) is 17.6 Å².